The zero-order valence-corrected chi connectivity index (χ0v) is 16.1. The van der Waals surface area contributed by atoms with E-state index in [1.807, 2.05) is 26.8 Å². The van der Waals surface area contributed by atoms with Crippen LogP contribution in [-0.4, -0.2) is 31.2 Å². The van der Waals surface area contributed by atoms with E-state index < -0.39 is 5.69 Å². The third kappa shape index (κ3) is 3.29. The molecule has 0 unspecified atom stereocenters. The number of benzene rings is 1. The Hall–Kier alpha value is -3.41. The zero-order valence-electron chi connectivity index (χ0n) is 16.1. The minimum Gasteiger partial charge on any atom is -0.352 e. The number of nitrogens with zero attached hydrogens (tertiary/aromatic N) is 5. The number of aryl methyl sites for hydroxylation is 1. The number of nitriles is 1. The normalized spacial score (nSPS) is 11.2. The summed E-state index contributed by atoms with van der Waals surface area (Å²) in [6, 6.07) is 6.55. The molecule has 1 N–H and O–H groups in total. The molecule has 0 aliphatic rings. The molecule has 9 nitrogen and oxygen atoms in total. The average Bonchev–Trinajstić information content (AvgIpc) is 2.99. The van der Waals surface area contributed by atoms with Gasteiger partial charge in [0.2, 0.25) is 5.78 Å². The van der Waals surface area contributed by atoms with Gasteiger partial charge in [-0.1, -0.05) is 20.8 Å². The molecule has 9 heteroatoms. The summed E-state index contributed by atoms with van der Waals surface area (Å²) in [6.07, 6.45) is 0.677. The molecule has 1 aromatic carbocycles. The standard InChI is InChI=1S/C19H22N6O3/c1-4-8-23-17(27)14-6-5-13(16(26)21-11-12(2)3)10-15(14)25-18(23)22-24(9-7-20)19(25)28/h5-6,10,12H,4,8-9,11H2,1-3H3,(H,21,26). The Morgan fingerprint density at radius 2 is 2.07 bits per heavy atom. The molecule has 0 fully saturated rings. The molecule has 0 aliphatic carbocycles. The molecule has 2 aromatic heterocycles. The van der Waals surface area contributed by atoms with E-state index in [1.54, 1.807) is 12.1 Å². The second-order valence-electron chi connectivity index (χ2n) is 7.03. The first-order valence-electron chi connectivity index (χ1n) is 9.20. The Balaban J connectivity index is 2.30. The van der Waals surface area contributed by atoms with Crippen molar-refractivity contribution >= 4 is 22.6 Å². The van der Waals surface area contributed by atoms with Gasteiger partial charge in [-0.25, -0.2) is 9.20 Å². The maximum atomic E-state index is 12.9. The number of carbonyl (C=O) groups is 1. The van der Waals surface area contributed by atoms with Crippen molar-refractivity contribution in [3.63, 3.8) is 0 Å². The third-order valence-electron chi connectivity index (χ3n) is 4.38. The number of amides is 1. The second-order valence-corrected chi connectivity index (χ2v) is 7.03. The van der Waals surface area contributed by atoms with Gasteiger partial charge in [-0.15, -0.1) is 5.10 Å². The molecule has 0 spiro atoms. The molecule has 3 aromatic rings. The number of hydrogen-bond acceptors (Lipinski definition) is 5. The molecular formula is C19H22N6O3. The Morgan fingerprint density at radius 3 is 2.71 bits per heavy atom. The van der Waals surface area contributed by atoms with Crippen molar-refractivity contribution in [1.29, 1.82) is 5.26 Å². The van der Waals surface area contributed by atoms with Gasteiger partial charge in [0, 0.05) is 18.7 Å². The highest BCUT2D eigenvalue weighted by molar-refractivity contribution is 5.98. The smallest absolute Gasteiger partial charge is 0.352 e. The lowest BCUT2D eigenvalue weighted by molar-refractivity contribution is 0.0949. The summed E-state index contributed by atoms with van der Waals surface area (Å²) >= 11 is 0. The van der Waals surface area contributed by atoms with Gasteiger partial charge >= 0.3 is 5.69 Å². The Labute approximate surface area is 160 Å². The molecule has 3 rings (SSSR count). The minimum atomic E-state index is -0.522. The molecule has 0 saturated carbocycles. The highest BCUT2D eigenvalue weighted by Crippen LogP contribution is 2.14. The van der Waals surface area contributed by atoms with Crippen LogP contribution in [0.2, 0.25) is 0 Å². The number of rotatable bonds is 6. The van der Waals surface area contributed by atoms with Crippen molar-refractivity contribution < 1.29 is 4.79 Å². The predicted octanol–water partition coefficient (Wildman–Crippen LogP) is 1.13. The van der Waals surface area contributed by atoms with E-state index in [0.717, 1.165) is 4.68 Å². The van der Waals surface area contributed by atoms with Gasteiger partial charge in [0.1, 0.15) is 6.54 Å². The van der Waals surface area contributed by atoms with Gasteiger partial charge in [0.25, 0.3) is 11.5 Å². The lowest BCUT2D eigenvalue weighted by Crippen LogP contribution is -2.29. The van der Waals surface area contributed by atoms with Crippen LogP contribution >= 0.6 is 0 Å². The van der Waals surface area contributed by atoms with Crippen molar-refractivity contribution in [2.75, 3.05) is 6.54 Å². The van der Waals surface area contributed by atoms with E-state index in [2.05, 4.69) is 10.4 Å². The molecule has 0 saturated heterocycles. The van der Waals surface area contributed by atoms with E-state index >= 15 is 0 Å². The molecule has 146 valence electrons. The van der Waals surface area contributed by atoms with Crippen LogP contribution in [0.5, 0.6) is 0 Å². The number of aromatic nitrogens is 4. The first kappa shape index (κ1) is 19.4. The maximum absolute atomic E-state index is 12.9. The van der Waals surface area contributed by atoms with E-state index in [9.17, 15) is 14.4 Å². The van der Waals surface area contributed by atoms with Crippen LogP contribution in [0.15, 0.2) is 27.8 Å². The summed E-state index contributed by atoms with van der Waals surface area (Å²) in [6.45, 7) is 6.58. The van der Waals surface area contributed by atoms with Gasteiger partial charge in [-0.2, -0.15) is 9.94 Å². The monoisotopic (exact) mass is 382 g/mol. The predicted molar refractivity (Wildman–Crippen MR) is 104 cm³/mol. The van der Waals surface area contributed by atoms with Crippen molar-refractivity contribution in [2.45, 2.75) is 40.3 Å². The molecule has 0 radical (unpaired) electrons. The molecule has 0 atom stereocenters. The molecule has 0 aliphatic heterocycles. The second kappa shape index (κ2) is 7.68. The van der Waals surface area contributed by atoms with Gasteiger partial charge in [-0.3, -0.25) is 14.2 Å². The van der Waals surface area contributed by atoms with Crippen LogP contribution in [0.4, 0.5) is 0 Å². The average molecular weight is 382 g/mol. The summed E-state index contributed by atoms with van der Waals surface area (Å²) in [5, 5.41) is 16.3. The zero-order chi connectivity index (χ0) is 20.4. The highest BCUT2D eigenvalue weighted by atomic mass is 16.2. The number of hydrogen-bond donors (Lipinski definition) is 1. The van der Waals surface area contributed by atoms with Crippen molar-refractivity contribution in [1.82, 2.24) is 24.1 Å². The Bertz CT molecular complexity index is 1210. The fourth-order valence-corrected chi connectivity index (χ4v) is 3.05. The van der Waals surface area contributed by atoms with Gasteiger partial charge < -0.3 is 5.32 Å². The van der Waals surface area contributed by atoms with Crippen molar-refractivity contribution in [3.8, 4) is 6.07 Å². The summed E-state index contributed by atoms with van der Waals surface area (Å²) in [5.74, 6) is 0.183. The first-order valence-corrected chi connectivity index (χ1v) is 9.20. The van der Waals surface area contributed by atoms with Crippen LogP contribution in [0.25, 0.3) is 16.7 Å². The minimum absolute atomic E-state index is 0.166. The highest BCUT2D eigenvalue weighted by Gasteiger charge is 2.18. The quantitative estimate of drug-likeness (QED) is 0.686. The number of carbonyl (C=O) groups excluding carboxylic acids is 1. The maximum Gasteiger partial charge on any atom is 0.353 e. The fourth-order valence-electron chi connectivity index (χ4n) is 3.05. The van der Waals surface area contributed by atoms with E-state index in [-0.39, 0.29) is 23.8 Å². The third-order valence-corrected chi connectivity index (χ3v) is 4.38. The van der Waals surface area contributed by atoms with E-state index in [0.29, 0.717) is 41.9 Å². The molecule has 2 heterocycles. The Kier molecular flexibility index (Phi) is 5.31. The number of fused-ring (bicyclic) bond motifs is 3. The van der Waals surface area contributed by atoms with Crippen LogP contribution in [-0.2, 0) is 13.1 Å². The summed E-state index contributed by atoms with van der Waals surface area (Å²) in [5.41, 5.74) is -0.153. The topological polar surface area (TPSA) is 114 Å². The fraction of sp³-hybridized carbons (Fsp3) is 0.421. The van der Waals surface area contributed by atoms with E-state index in [1.165, 1.54) is 15.0 Å². The molecule has 0 bridgehead atoms. The van der Waals surface area contributed by atoms with Crippen LogP contribution in [0.3, 0.4) is 0 Å². The number of nitrogens with one attached hydrogen (secondary N) is 1. The van der Waals surface area contributed by atoms with Gasteiger partial charge in [-0.05, 0) is 30.5 Å². The molecule has 1 amide bonds. The van der Waals surface area contributed by atoms with Crippen LogP contribution < -0.4 is 16.6 Å². The molecule has 28 heavy (non-hydrogen) atoms. The van der Waals surface area contributed by atoms with Crippen LogP contribution in [0, 0.1) is 17.2 Å². The first-order chi connectivity index (χ1) is 13.4. The van der Waals surface area contributed by atoms with Gasteiger partial charge in [0.05, 0.1) is 17.0 Å². The van der Waals surface area contributed by atoms with Crippen molar-refractivity contribution in [2.24, 2.45) is 5.92 Å². The van der Waals surface area contributed by atoms with Gasteiger partial charge in [0.15, 0.2) is 0 Å². The SMILES string of the molecule is CCCn1c(=O)c2ccc(C(=O)NCC(C)C)cc2n2c(=O)n(CC#N)nc12. The largest absolute Gasteiger partial charge is 0.353 e. The van der Waals surface area contributed by atoms with Crippen LogP contribution in [0.1, 0.15) is 37.6 Å². The van der Waals surface area contributed by atoms with E-state index in [4.69, 9.17) is 5.26 Å². The molecular weight excluding hydrogens is 360 g/mol. The van der Waals surface area contributed by atoms with Crippen molar-refractivity contribution in [3.05, 3.63) is 44.6 Å². The lowest BCUT2D eigenvalue weighted by atomic mass is 10.1. The Morgan fingerprint density at radius 1 is 1.32 bits per heavy atom. The summed E-state index contributed by atoms with van der Waals surface area (Å²) in [4.78, 5) is 38.2. The summed E-state index contributed by atoms with van der Waals surface area (Å²) < 4.78 is 3.74. The lowest BCUT2D eigenvalue weighted by Gasteiger charge is -2.11. The summed E-state index contributed by atoms with van der Waals surface area (Å²) in [7, 11) is 0.